The third-order valence-electron chi connectivity index (χ3n) is 0.722. The van der Waals surface area contributed by atoms with Gasteiger partial charge in [-0.15, -0.1) is 24.0 Å². The summed E-state index contributed by atoms with van der Waals surface area (Å²) in [6.45, 7) is 0. The van der Waals surface area contributed by atoms with Gasteiger partial charge in [0.15, 0.2) is 10.8 Å². The van der Waals surface area contributed by atoms with Crippen LogP contribution in [0.2, 0.25) is 0 Å². The highest BCUT2D eigenvalue weighted by molar-refractivity contribution is 7.80. The molecule has 0 spiro atoms. The molecular weight excluding hydrogens is 154 g/mol. The molecule has 0 unspecified atom stereocenters. The lowest BCUT2D eigenvalue weighted by atomic mass is 10.6. The quantitative estimate of drug-likeness (QED) is 0.321. The third-order valence-corrected chi connectivity index (χ3v) is 2.00. The topological polar surface area (TPSA) is 62.8 Å². The van der Waals surface area contributed by atoms with Crippen LogP contribution in [0.4, 0.5) is 0 Å². The highest BCUT2D eigenvalue weighted by atomic mass is 32.1. The number of aromatic nitrogens is 1. The van der Waals surface area contributed by atoms with Crippen molar-refractivity contribution < 1.29 is 0 Å². The Morgan fingerprint density at radius 2 is 2.56 bits per heavy atom. The van der Waals surface area contributed by atoms with Gasteiger partial charge in [-0.2, -0.15) is 0 Å². The Labute approximate surface area is 61.8 Å². The van der Waals surface area contributed by atoms with Gasteiger partial charge in [0.25, 0.3) is 0 Å². The van der Waals surface area contributed by atoms with Gasteiger partial charge in [0.2, 0.25) is 0 Å². The fourth-order valence-corrected chi connectivity index (χ4v) is 1.26. The minimum atomic E-state index is 0.000278. The summed E-state index contributed by atoms with van der Waals surface area (Å²) < 4.78 is 0. The van der Waals surface area contributed by atoms with Crippen LogP contribution in [0.25, 0.3) is 0 Å². The lowest BCUT2D eigenvalue weighted by molar-refractivity contribution is 1.18. The Kier molecular flexibility index (Phi) is 1.73. The summed E-state index contributed by atoms with van der Waals surface area (Å²) >= 11 is 5.27. The molecule has 0 radical (unpaired) electrons. The first-order valence-corrected chi connectivity index (χ1v) is 3.51. The highest BCUT2D eigenvalue weighted by Gasteiger charge is 1.99. The van der Waals surface area contributed by atoms with Gasteiger partial charge in [0, 0.05) is 5.38 Å². The molecule has 0 saturated carbocycles. The molecule has 1 aromatic rings. The summed E-state index contributed by atoms with van der Waals surface area (Å²) in [6, 6.07) is 0. The third kappa shape index (κ3) is 1.43. The first kappa shape index (κ1) is 6.57. The zero-order chi connectivity index (χ0) is 6.85. The Hall–Kier alpha value is -0.550. The van der Waals surface area contributed by atoms with Gasteiger partial charge in [-0.3, -0.25) is 5.41 Å². The molecule has 0 fully saturated rings. The van der Waals surface area contributed by atoms with Crippen LogP contribution in [0.1, 0.15) is 5.01 Å². The molecule has 0 aliphatic heterocycles. The Bertz CT molecular complexity index is 229. The number of nitrogen functional groups attached to an aromatic ring is 1. The lowest BCUT2D eigenvalue weighted by Crippen LogP contribution is -2.09. The van der Waals surface area contributed by atoms with Crippen LogP contribution in [-0.2, 0) is 0 Å². The number of amidine groups is 1. The predicted octanol–water partition coefficient (Wildman–Crippen LogP) is 0.716. The van der Waals surface area contributed by atoms with Crippen LogP contribution >= 0.6 is 24.0 Å². The molecule has 0 bridgehead atoms. The predicted molar refractivity (Wildman–Crippen MR) is 40.4 cm³/mol. The van der Waals surface area contributed by atoms with E-state index in [9.17, 15) is 0 Å². The summed E-state index contributed by atoms with van der Waals surface area (Å²) in [4.78, 5) is 3.84. The normalized spacial score (nSPS) is 9.44. The number of rotatable bonds is 1. The molecule has 5 heteroatoms. The molecule has 0 aromatic carbocycles. The highest BCUT2D eigenvalue weighted by Crippen LogP contribution is 2.10. The SMILES string of the molecule is N=C(N)c1nc(S)cs1. The van der Waals surface area contributed by atoms with Crippen molar-refractivity contribution in [3.63, 3.8) is 0 Å². The molecule has 9 heavy (non-hydrogen) atoms. The van der Waals surface area contributed by atoms with Gasteiger partial charge < -0.3 is 5.73 Å². The van der Waals surface area contributed by atoms with Crippen LogP contribution in [0.5, 0.6) is 0 Å². The minimum absolute atomic E-state index is 0.000278. The van der Waals surface area contributed by atoms with E-state index < -0.39 is 0 Å². The van der Waals surface area contributed by atoms with E-state index in [1.165, 1.54) is 11.3 Å². The first-order valence-electron chi connectivity index (χ1n) is 2.19. The van der Waals surface area contributed by atoms with Gasteiger partial charge in [-0.25, -0.2) is 4.98 Å². The van der Waals surface area contributed by atoms with E-state index in [0.717, 1.165) is 0 Å². The van der Waals surface area contributed by atoms with Crippen molar-refractivity contribution in [3.05, 3.63) is 10.4 Å². The molecule has 1 rings (SSSR count). The summed E-state index contributed by atoms with van der Waals surface area (Å²) in [5.74, 6) is 0.000278. The molecule has 48 valence electrons. The van der Waals surface area contributed by atoms with E-state index >= 15 is 0 Å². The van der Waals surface area contributed by atoms with E-state index in [1.54, 1.807) is 5.38 Å². The molecule has 3 N–H and O–H groups in total. The number of nitrogens with two attached hydrogens (primary N) is 1. The van der Waals surface area contributed by atoms with Crippen molar-refractivity contribution >= 4 is 29.8 Å². The molecule has 0 atom stereocenters. The Balaban J connectivity index is 2.98. The van der Waals surface area contributed by atoms with Crippen LogP contribution in [0.3, 0.4) is 0 Å². The van der Waals surface area contributed by atoms with Gasteiger partial charge in [-0.05, 0) is 0 Å². The second-order valence-corrected chi connectivity index (χ2v) is 2.74. The van der Waals surface area contributed by atoms with Crippen molar-refractivity contribution in [2.75, 3.05) is 0 Å². The van der Waals surface area contributed by atoms with Gasteiger partial charge in [-0.1, -0.05) is 0 Å². The second kappa shape index (κ2) is 2.36. The molecule has 0 aliphatic carbocycles. The molecular formula is C4H5N3S2. The number of hydrogen-bond acceptors (Lipinski definition) is 4. The summed E-state index contributed by atoms with van der Waals surface area (Å²) in [5, 5.41) is 9.82. The largest absolute Gasteiger partial charge is 0.382 e. The average molecular weight is 159 g/mol. The van der Waals surface area contributed by atoms with E-state index in [1.807, 2.05) is 0 Å². The van der Waals surface area contributed by atoms with E-state index in [0.29, 0.717) is 10.0 Å². The van der Waals surface area contributed by atoms with Crippen molar-refractivity contribution in [1.82, 2.24) is 4.98 Å². The second-order valence-electron chi connectivity index (χ2n) is 1.42. The van der Waals surface area contributed by atoms with Crippen LogP contribution in [-0.4, -0.2) is 10.8 Å². The number of thiol groups is 1. The van der Waals surface area contributed by atoms with Crippen molar-refractivity contribution in [3.8, 4) is 0 Å². The minimum Gasteiger partial charge on any atom is -0.382 e. The first-order chi connectivity index (χ1) is 4.20. The maximum atomic E-state index is 6.94. The number of hydrogen-bond donors (Lipinski definition) is 3. The number of nitrogens with one attached hydrogen (secondary N) is 1. The maximum absolute atomic E-state index is 6.94. The van der Waals surface area contributed by atoms with Crippen molar-refractivity contribution in [1.29, 1.82) is 5.41 Å². The zero-order valence-electron chi connectivity index (χ0n) is 4.46. The molecule has 0 saturated heterocycles. The fourth-order valence-electron chi connectivity index (χ4n) is 0.389. The van der Waals surface area contributed by atoms with Gasteiger partial charge in [0.1, 0.15) is 5.03 Å². The Morgan fingerprint density at radius 1 is 1.89 bits per heavy atom. The maximum Gasteiger partial charge on any atom is 0.159 e. The van der Waals surface area contributed by atoms with Crippen LogP contribution < -0.4 is 5.73 Å². The van der Waals surface area contributed by atoms with Crippen molar-refractivity contribution in [2.24, 2.45) is 5.73 Å². The van der Waals surface area contributed by atoms with Crippen LogP contribution in [0.15, 0.2) is 10.4 Å². The monoisotopic (exact) mass is 159 g/mol. The Morgan fingerprint density at radius 3 is 2.78 bits per heavy atom. The average Bonchev–Trinajstić information content (AvgIpc) is 2.14. The standard InChI is InChI=1S/C4H5N3S2/c5-3(6)4-7-2(8)1-9-4/h1,8H,(H3,5,6). The number of thiazole rings is 1. The fraction of sp³-hybridized carbons (Fsp3) is 0. The molecule has 0 amide bonds. The van der Waals surface area contributed by atoms with Gasteiger partial charge >= 0.3 is 0 Å². The molecule has 3 nitrogen and oxygen atoms in total. The zero-order valence-corrected chi connectivity index (χ0v) is 6.17. The van der Waals surface area contributed by atoms with E-state index in [2.05, 4.69) is 17.6 Å². The van der Waals surface area contributed by atoms with Crippen LogP contribution in [0, 0.1) is 5.41 Å². The summed E-state index contributed by atoms with van der Waals surface area (Å²) in [5.41, 5.74) is 5.12. The van der Waals surface area contributed by atoms with Gasteiger partial charge in [0.05, 0.1) is 0 Å². The van der Waals surface area contributed by atoms with E-state index in [4.69, 9.17) is 11.1 Å². The number of nitrogens with zero attached hydrogens (tertiary/aromatic N) is 1. The lowest BCUT2D eigenvalue weighted by Gasteiger charge is -1.84. The molecule has 0 aliphatic rings. The smallest absolute Gasteiger partial charge is 0.159 e. The van der Waals surface area contributed by atoms with E-state index in [-0.39, 0.29) is 5.84 Å². The summed E-state index contributed by atoms with van der Waals surface area (Å²) in [7, 11) is 0. The van der Waals surface area contributed by atoms with Crippen molar-refractivity contribution in [2.45, 2.75) is 5.03 Å². The summed E-state index contributed by atoms with van der Waals surface area (Å²) in [6.07, 6.45) is 0. The molecule has 1 heterocycles. The molecule has 1 aromatic heterocycles.